The number of likely N-dealkylation sites (tertiary alicyclic amines) is 1. The average Bonchev–Trinajstić information content (AvgIpc) is 2.42. The maximum atomic E-state index is 6.00. The van der Waals surface area contributed by atoms with Gasteiger partial charge in [0.1, 0.15) is 0 Å². The Morgan fingerprint density at radius 2 is 2.37 bits per heavy atom. The van der Waals surface area contributed by atoms with Crippen molar-refractivity contribution in [3.05, 3.63) is 33.3 Å². The first-order valence-corrected chi connectivity index (χ1v) is 7.74. The van der Waals surface area contributed by atoms with E-state index in [0.717, 1.165) is 35.4 Å². The summed E-state index contributed by atoms with van der Waals surface area (Å²) >= 11 is 9.59. The number of nitrogens with two attached hydrogens (primary N) is 1. The van der Waals surface area contributed by atoms with Crippen molar-refractivity contribution in [3.8, 4) is 0 Å². The zero-order valence-corrected chi connectivity index (χ0v) is 13.5. The van der Waals surface area contributed by atoms with Gasteiger partial charge in [-0.1, -0.05) is 33.6 Å². The monoisotopic (exact) mass is 346 g/mol. The molecule has 0 spiro atoms. The van der Waals surface area contributed by atoms with E-state index in [2.05, 4.69) is 26.9 Å². The highest BCUT2D eigenvalue weighted by atomic mass is 79.9. The molecule has 3 nitrogen and oxygen atoms in total. The van der Waals surface area contributed by atoms with Gasteiger partial charge in [-0.05, 0) is 37.1 Å². The van der Waals surface area contributed by atoms with Crippen LogP contribution in [0.1, 0.15) is 24.4 Å². The van der Waals surface area contributed by atoms with Gasteiger partial charge < -0.3 is 10.5 Å². The smallest absolute Gasteiger partial charge is 0.0698 e. The first-order chi connectivity index (χ1) is 9.15. The Morgan fingerprint density at radius 3 is 3.00 bits per heavy atom. The Morgan fingerprint density at radius 1 is 1.58 bits per heavy atom. The molecule has 5 heteroatoms. The van der Waals surface area contributed by atoms with Crippen molar-refractivity contribution in [2.75, 3.05) is 26.7 Å². The van der Waals surface area contributed by atoms with Gasteiger partial charge in [-0.25, -0.2) is 0 Å². The minimum absolute atomic E-state index is 0.213. The lowest BCUT2D eigenvalue weighted by atomic mass is 10.0. The molecule has 1 aromatic rings. The molecule has 0 saturated carbocycles. The maximum Gasteiger partial charge on any atom is 0.0698 e. The standard InChI is InChI=1S/C14H20BrClN2O/c1-19-11-3-2-6-18(9-11)14(8-17)12-5-4-10(16)7-13(12)15/h4-5,7,11,14H,2-3,6,8-9,17H2,1H3. The lowest BCUT2D eigenvalue weighted by Crippen LogP contribution is -2.43. The van der Waals surface area contributed by atoms with E-state index in [9.17, 15) is 0 Å². The second-order valence-corrected chi connectivity index (χ2v) is 6.20. The van der Waals surface area contributed by atoms with Gasteiger partial charge in [0, 0.05) is 35.7 Å². The molecule has 19 heavy (non-hydrogen) atoms. The Balaban J connectivity index is 2.19. The molecular weight excluding hydrogens is 328 g/mol. The number of methoxy groups -OCH3 is 1. The largest absolute Gasteiger partial charge is 0.380 e. The summed E-state index contributed by atoms with van der Waals surface area (Å²) in [5.74, 6) is 0. The fourth-order valence-corrected chi connectivity index (χ4v) is 3.63. The van der Waals surface area contributed by atoms with Crippen molar-refractivity contribution < 1.29 is 4.74 Å². The SMILES string of the molecule is COC1CCCN(C(CN)c2ccc(Cl)cc2Br)C1. The number of halogens is 2. The van der Waals surface area contributed by atoms with E-state index >= 15 is 0 Å². The fourth-order valence-electron chi connectivity index (χ4n) is 2.69. The van der Waals surface area contributed by atoms with E-state index < -0.39 is 0 Å². The highest BCUT2D eigenvalue weighted by molar-refractivity contribution is 9.10. The van der Waals surface area contributed by atoms with Crippen LogP contribution in [0, 0.1) is 0 Å². The van der Waals surface area contributed by atoms with Crippen molar-refractivity contribution in [3.63, 3.8) is 0 Å². The Labute approximate surface area is 128 Å². The van der Waals surface area contributed by atoms with Crippen LogP contribution >= 0.6 is 27.5 Å². The molecule has 2 atom stereocenters. The van der Waals surface area contributed by atoms with Crippen molar-refractivity contribution >= 4 is 27.5 Å². The Hall–Kier alpha value is -0.130. The second-order valence-electron chi connectivity index (χ2n) is 4.91. The van der Waals surface area contributed by atoms with Crippen LogP contribution in [-0.2, 0) is 4.74 Å². The van der Waals surface area contributed by atoms with Crippen LogP contribution in [-0.4, -0.2) is 37.7 Å². The van der Waals surface area contributed by atoms with Crippen molar-refractivity contribution in [1.29, 1.82) is 0 Å². The first-order valence-electron chi connectivity index (χ1n) is 6.57. The van der Waals surface area contributed by atoms with E-state index in [1.54, 1.807) is 7.11 Å². The van der Waals surface area contributed by atoms with Crippen LogP contribution < -0.4 is 5.73 Å². The molecule has 106 valence electrons. The number of ether oxygens (including phenoxy) is 1. The van der Waals surface area contributed by atoms with Crippen LogP contribution in [0.5, 0.6) is 0 Å². The first kappa shape index (κ1) is 15.3. The molecule has 2 rings (SSSR count). The molecule has 0 radical (unpaired) electrons. The van der Waals surface area contributed by atoms with Crippen LogP contribution in [0.2, 0.25) is 5.02 Å². The highest BCUT2D eigenvalue weighted by Gasteiger charge is 2.27. The molecule has 1 heterocycles. The normalized spacial score (nSPS) is 22.4. The second kappa shape index (κ2) is 7.04. The van der Waals surface area contributed by atoms with Crippen LogP contribution in [0.3, 0.4) is 0 Å². The van der Waals surface area contributed by atoms with Gasteiger partial charge in [-0.15, -0.1) is 0 Å². The third-order valence-electron chi connectivity index (χ3n) is 3.73. The van der Waals surface area contributed by atoms with Crippen molar-refractivity contribution in [2.24, 2.45) is 5.73 Å². The predicted molar refractivity (Wildman–Crippen MR) is 82.6 cm³/mol. The minimum Gasteiger partial charge on any atom is -0.380 e. The summed E-state index contributed by atoms with van der Waals surface area (Å²) in [6, 6.07) is 6.12. The van der Waals surface area contributed by atoms with E-state index in [1.807, 2.05) is 12.1 Å². The summed E-state index contributed by atoms with van der Waals surface area (Å²) in [5.41, 5.74) is 7.19. The third kappa shape index (κ3) is 3.70. The summed E-state index contributed by atoms with van der Waals surface area (Å²) < 4.78 is 6.51. The van der Waals surface area contributed by atoms with Gasteiger partial charge in [-0.2, -0.15) is 0 Å². The maximum absolute atomic E-state index is 6.00. The highest BCUT2D eigenvalue weighted by Crippen LogP contribution is 2.31. The Bertz CT molecular complexity index is 430. The molecule has 0 aromatic heterocycles. The van der Waals surface area contributed by atoms with E-state index in [0.29, 0.717) is 12.6 Å². The quantitative estimate of drug-likeness (QED) is 0.909. The van der Waals surface area contributed by atoms with Gasteiger partial charge in [0.2, 0.25) is 0 Å². The molecule has 2 unspecified atom stereocenters. The van der Waals surface area contributed by atoms with Gasteiger partial charge in [-0.3, -0.25) is 4.90 Å². The molecule has 1 fully saturated rings. The lowest BCUT2D eigenvalue weighted by Gasteiger charge is -2.37. The molecule has 1 saturated heterocycles. The van der Waals surface area contributed by atoms with Crippen LogP contribution in [0.25, 0.3) is 0 Å². The Kier molecular flexibility index (Phi) is 5.66. The third-order valence-corrected chi connectivity index (χ3v) is 4.65. The summed E-state index contributed by atoms with van der Waals surface area (Å²) in [6.45, 7) is 2.60. The number of piperidine rings is 1. The molecule has 0 bridgehead atoms. The molecule has 0 aliphatic carbocycles. The molecular formula is C14H20BrClN2O. The predicted octanol–water partition coefficient (Wildman–Crippen LogP) is 3.21. The van der Waals surface area contributed by atoms with Crippen molar-refractivity contribution in [2.45, 2.75) is 25.0 Å². The zero-order valence-electron chi connectivity index (χ0n) is 11.1. The van der Waals surface area contributed by atoms with Crippen LogP contribution in [0.4, 0.5) is 0 Å². The van der Waals surface area contributed by atoms with E-state index in [4.69, 9.17) is 22.1 Å². The lowest BCUT2D eigenvalue weighted by molar-refractivity contribution is 0.0154. The zero-order chi connectivity index (χ0) is 13.8. The average molecular weight is 348 g/mol. The molecule has 1 aromatic carbocycles. The number of hydrogen-bond donors (Lipinski definition) is 1. The molecule has 0 amide bonds. The summed E-state index contributed by atoms with van der Waals surface area (Å²) in [6.07, 6.45) is 2.60. The summed E-state index contributed by atoms with van der Waals surface area (Å²) in [5, 5.41) is 0.736. The van der Waals surface area contributed by atoms with Crippen molar-refractivity contribution in [1.82, 2.24) is 4.90 Å². The molecule has 2 N–H and O–H groups in total. The summed E-state index contributed by atoms with van der Waals surface area (Å²) in [7, 11) is 1.78. The minimum atomic E-state index is 0.213. The number of hydrogen-bond acceptors (Lipinski definition) is 3. The fraction of sp³-hybridized carbons (Fsp3) is 0.571. The van der Waals surface area contributed by atoms with E-state index in [1.165, 1.54) is 5.56 Å². The van der Waals surface area contributed by atoms with Crippen LogP contribution in [0.15, 0.2) is 22.7 Å². The topological polar surface area (TPSA) is 38.5 Å². The number of rotatable bonds is 4. The van der Waals surface area contributed by atoms with Gasteiger partial charge >= 0.3 is 0 Å². The molecule has 1 aliphatic heterocycles. The van der Waals surface area contributed by atoms with Gasteiger partial charge in [0.25, 0.3) is 0 Å². The number of benzene rings is 1. The molecule has 1 aliphatic rings. The van der Waals surface area contributed by atoms with Gasteiger partial charge in [0.15, 0.2) is 0 Å². The number of nitrogens with zero attached hydrogens (tertiary/aromatic N) is 1. The van der Waals surface area contributed by atoms with Gasteiger partial charge in [0.05, 0.1) is 6.10 Å². The van der Waals surface area contributed by atoms with E-state index in [-0.39, 0.29) is 6.04 Å². The summed E-state index contributed by atoms with van der Waals surface area (Å²) in [4.78, 5) is 2.41.